The lowest BCUT2D eigenvalue weighted by atomic mass is 10.0. The number of carbonyl (C=O) groups excluding carboxylic acids is 1. The van der Waals surface area contributed by atoms with Gasteiger partial charge in [-0.25, -0.2) is 4.39 Å². The average molecular weight is 335 g/mol. The second-order valence-corrected chi connectivity index (χ2v) is 5.63. The molecule has 0 bridgehead atoms. The van der Waals surface area contributed by atoms with E-state index in [0.717, 1.165) is 12.8 Å². The molecular weight excluding hydrogens is 323 g/mol. The van der Waals surface area contributed by atoms with Crippen LogP contribution in [0.25, 0.3) is 0 Å². The number of hydrogen-bond donors (Lipinski definition) is 0. The molecule has 2 nitrogen and oxygen atoms in total. The summed E-state index contributed by atoms with van der Waals surface area (Å²) >= 11 is 3.09. The lowest BCUT2D eigenvalue weighted by Crippen LogP contribution is -2.05. The molecule has 4 heteroatoms. The molecule has 0 amide bonds. The highest BCUT2D eigenvalue weighted by Gasteiger charge is 2.24. The Morgan fingerprint density at radius 1 is 1.20 bits per heavy atom. The first-order chi connectivity index (χ1) is 9.65. The predicted molar refractivity (Wildman–Crippen MR) is 77.6 cm³/mol. The Labute approximate surface area is 124 Å². The SMILES string of the molecule is O=C(c1cccc(OC2CC2)c1)c1cccc(Br)c1F. The summed E-state index contributed by atoms with van der Waals surface area (Å²) < 4.78 is 19.9. The van der Waals surface area contributed by atoms with E-state index in [2.05, 4.69) is 15.9 Å². The number of ether oxygens (including phenoxy) is 1. The summed E-state index contributed by atoms with van der Waals surface area (Å²) in [7, 11) is 0. The zero-order chi connectivity index (χ0) is 14.1. The number of halogens is 2. The van der Waals surface area contributed by atoms with E-state index in [1.54, 1.807) is 30.3 Å². The third-order valence-electron chi connectivity index (χ3n) is 3.12. The summed E-state index contributed by atoms with van der Waals surface area (Å²) in [5.41, 5.74) is 0.489. The molecule has 0 atom stereocenters. The van der Waals surface area contributed by atoms with E-state index in [0.29, 0.717) is 11.3 Å². The zero-order valence-electron chi connectivity index (χ0n) is 10.6. The maximum Gasteiger partial charge on any atom is 0.196 e. The van der Waals surface area contributed by atoms with Gasteiger partial charge in [0.05, 0.1) is 16.1 Å². The van der Waals surface area contributed by atoms with Crippen molar-refractivity contribution in [1.29, 1.82) is 0 Å². The number of carbonyl (C=O) groups is 1. The molecule has 0 heterocycles. The highest BCUT2D eigenvalue weighted by Crippen LogP contribution is 2.28. The molecule has 0 saturated heterocycles. The van der Waals surface area contributed by atoms with Crippen LogP contribution in [0.3, 0.4) is 0 Å². The number of benzene rings is 2. The molecular formula is C16H12BrFO2. The van der Waals surface area contributed by atoms with E-state index < -0.39 is 5.82 Å². The van der Waals surface area contributed by atoms with Crippen LogP contribution >= 0.6 is 15.9 Å². The summed E-state index contributed by atoms with van der Waals surface area (Å²) in [4.78, 5) is 12.4. The van der Waals surface area contributed by atoms with E-state index in [9.17, 15) is 9.18 Å². The third-order valence-corrected chi connectivity index (χ3v) is 3.73. The molecule has 1 aliphatic carbocycles. The van der Waals surface area contributed by atoms with Crippen molar-refractivity contribution in [2.75, 3.05) is 0 Å². The van der Waals surface area contributed by atoms with Crippen LogP contribution in [-0.2, 0) is 0 Å². The van der Waals surface area contributed by atoms with Crippen molar-refractivity contribution < 1.29 is 13.9 Å². The van der Waals surface area contributed by atoms with Gasteiger partial charge in [0, 0.05) is 5.56 Å². The van der Waals surface area contributed by atoms with Gasteiger partial charge in [0.25, 0.3) is 0 Å². The second-order valence-electron chi connectivity index (χ2n) is 4.78. The minimum atomic E-state index is -0.536. The predicted octanol–water partition coefficient (Wildman–Crippen LogP) is 4.36. The Bertz CT molecular complexity index is 665. The van der Waals surface area contributed by atoms with Crippen molar-refractivity contribution in [3.8, 4) is 5.75 Å². The maximum atomic E-state index is 14.0. The van der Waals surface area contributed by atoms with Gasteiger partial charge in [-0.2, -0.15) is 0 Å². The quantitative estimate of drug-likeness (QED) is 0.776. The fraction of sp³-hybridized carbons (Fsp3) is 0.188. The van der Waals surface area contributed by atoms with E-state index in [1.807, 2.05) is 6.07 Å². The Balaban J connectivity index is 1.91. The second kappa shape index (κ2) is 5.37. The van der Waals surface area contributed by atoms with Gasteiger partial charge >= 0.3 is 0 Å². The van der Waals surface area contributed by atoms with Crippen LogP contribution in [0.5, 0.6) is 5.75 Å². The molecule has 3 rings (SSSR count). The minimum absolute atomic E-state index is 0.0583. The molecule has 2 aromatic rings. The molecule has 102 valence electrons. The molecule has 0 N–H and O–H groups in total. The summed E-state index contributed by atoms with van der Waals surface area (Å²) in [6.45, 7) is 0. The molecule has 2 aromatic carbocycles. The van der Waals surface area contributed by atoms with Gasteiger partial charge in [-0.15, -0.1) is 0 Å². The Morgan fingerprint density at radius 2 is 1.95 bits per heavy atom. The van der Waals surface area contributed by atoms with Crippen molar-refractivity contribution in [1.82, 2.24) is 0 Å². The standard InChI is InChI=1S/C16H12BrFO2/c17-14-6-2-5-13(15(14)18)16(19)10-3-1-4-12(9-10)20-11-7-8-11/h1-6,9,11H,7-8H2. The van der Waals surface area contributed by atoms with Crippen molar-refractivity contribution >= 4 is 21.7 Å². The first-order valence-corrected chi connectivity index (χ1v) is 7.20. The van der Waals surface area contributed by atoms with Crippen LogP contribution in [0.15, 0.2) is 46.9 Å². The third kappa shape index (κ3) is 2.75. The molecule has 0 aliphatic heterocycles. The van der Waals surface area contributed by atoms with Crippen LogP contribution in [0.4, 0.5) is 4.39 Å². The number of hydrogen-bond acceptors (Lipinski definition) is 2. The lowest BCUT2D eigenvalue weighted by molar-refractivity contribution is 0.103. The molecule has 20 heavy (non-hydrogen) atoms. The van der Waals surface area contributed by atoms with E-state index in [4.69, 9.17) is 4.74 Å². The highest BCUT2D eigenvalue weighted by molar-refractivity contribution is 9.10. The fourth-order valence-electron chi connectivity index (χ4n) is 1.92. The monoisotopic (exact) mass is 334 g/mol. The van der Waals surface area contributed by atoms with Crippen LogP contribution in [0.2, 0.25) is 0 Å². The molecule has 0 unspecified atom stereocenters. The van der Waals surface area contributed by atoms with Crippen LogP contribution in [-0.4, -0.2) is 11.9 Å². The highest BCUT2D eigenvalue weighted by atomic mass is 79.9. The summed E-state index contributed by atoms with van der Waals surface area (Å²) in [6, 6.07) is 11.6. The van der Waals surface area contributed by atoms with Crippen molar-refractivity contribution in [3.63, 3.8) is 0 Å². The Kier molecular flexibility index (Phi) is 3.57. The topological polar surface area (TPSA) is 26.3 Å². The lowest BCUT2D eigenvalue weighted by Gasteiger charge is -2.07. The Hall–Kier alpha value is -1.68. The first-order valence-electron chi connectivity index (χ1n) is 6.40. The fourth-order valence-corrected chi connectivity index (χ4v) is 2.29. The average Bonchev–Trinajstić information content (AvgIpc) is 3.25. The smallest absolute Gasteiger partial charge is 0.196 e. The Morgan fingerprint density at radius 3 is 2.70 bits per heavy atom. The summed E-state index contributed by atoms with van der Waals surface area (Å²) in [5, 5.41) is 0. The van der Waals surface area contributed by atoms with Gasteiger partial charge in [-0.1, -0.05) is 18.2 Å². The molecule has 0 aromatic heterocycles. The van der Waals surface area contributed by atoms with Crippen LogP contribution in [0.1, 0.15) is 28.8 Å². The van der Waals surface area contributed by atoms with Gasteiger partial charge in [-0.05, 0) is 53.0 Å². The molecule has 1 saturated carbocycles. The molecule has 1 fully saturated rings. The summed E-state index contributed by atoms with van der Waals surface area (Å²) in [6.07, 6.45) is 2.37. The molecule has 1 aliphatic rings. The molecule has 0 radical (unpaired) electrons. The first kappa shape index (κ1) is 13.3. The van der Waals surface area contributed by atoms with Crippen molar-refractivity contribution in [2.24, 2.45) is 0 Å². The zero-order valence-corrected chi connectivity index (χ0v) is 12.2. The van der Waals surface area contributed by atoms with E-state index in [1.165, 1.54) is 6.07 Å². The molecule has 0 spiro atoms. The van der Waals surface area contributed by atoms with Gasteiger partial charge in [0.1, 0.15) is 11.6 Å². The van der Waals surface area contributed by atoms with Gasteiger partial charge in [0.15, 0.2) is 5.78 Å². The van der Waals surface area contributed by atoms with E-state index in [-0.39, 0.29) is 21.9 Å². The maximum absolute atomic E-state index is 14.0. The van der Waals surface area contributed by atoms with E-state index >= 15 is 0 Å². The van der Waals surface area contributed by atoms with Gasteiger partial charge < -0.3 is 4.74 Å². The summed E-state index contributed by atoms with van der Waals surface area (Å²) in [5.74, 6) is -0.218. The van der Waals surface area contributed by atoms with Crippen LogP contribution < -0.4 is 4.74 Å². The largest absolute Gasteiger partial charge is 0.490 e. The van der Waals surface area contributed by atoms with Crippen molar-refractivity contribution in [3.05, 3.63) is 63.9 Å². The number of ketones is 1. The van der Waals surface area contributed by atoms with Gasteiger partial charge in [-0.3, -0.25) is 4.79 Å². The van der Waals surface area contributed by atoms with Crippen LogP contribution in [0, 0.1) is 5.82 Å². The number of rotatable bonds is 4. The normalized spacial score (nSPS) is 14.1. The van der Waals surface area contributed by atoms with Crippen molar-refractivity contribution in [2.45, 2.75) is 18.9 Å². The minimum Gasteiger partial charge on any atom is -0.490 e. The van der Waals surface area contributed by atoms with Gasteiger partial charge in [0.2, 0.25) is 0 Å².